The lowest BCUT2D eigenvalue weighted by Crippen LogP contribution is -2.57. The SMILES string of the molecule is CCCCCCCCCC/C=C/CCCCCCCCCCC[N+](CC(C)C(=O)O)(CC(C)C(=O)O)CC(C)C(=O)O. The van der Waals surface area contributed by atoms with Gasteiger partial charge in [0.15, 0.2) is 0 Å². The molecule has 0 heterocycles. The Bertz CT molecular complexity index is 682. The minimum atomic E-state index is -0.932. The van der Waals surface area contributed by atoms with Crippen LogP contribution in [0.25, 0.3) is 0 Å². The van der Waals surface area contributed by atoms with Crippen LogP contribution in [0.3, 0.4) is 0 Å². The fourth-order valence-electron chi connectivity index (χ4n) is 6.05. The average molecular weight is 597 g/mol. The molecule has 0 radical (unpaired) electrons. The van der Waals surface area contributed by atoms with Gasteiger partial charge in [-0.3, -0.25) is 14.4 Å². The Morgan fingerprint density at radius 3 is 1.10 bits per heavy atom. The van der Waals surface area contributed by atoms with Crippen LogP contribution >= 0.6 is 0 Å². The van der Waals surface area contributed by atoms with Gasteiger partial charge in [-0.25, -0.2) is 0 Å². The zero-order chi connectivity index (χ0) is 31.6. The van der Waals surface area contributed by atoms with Crippen molar-refractivity contribution in [3.05, 3.63) is 12.2 Å². The molecule has 42 heavy (non-hydrogen) atoms. The number of allylic oxidation sites excluding steroid dienone is 2. The summed E-state index contributed by atoms with van der Waals surface area (Å²) in [6.45, 7) is 8.50. The highest BCUT2D eigenvalue weighted by Gasteiger charge is 2.38. The van der Waals surface area contributed by atoms with Gasteiger partial charge in [-0.15, -0.1) is 0 Å². The van der Waals surface area contributed by atoms with Gasteiger partial charge in [-0.2, -0.15) is 0 Å². The molecule has 0 aliphatic carbocycles. The molecule has 0 spiro atoms. The largest absolute Gasteiger partial charge is 0.481 e. The summed E-state index contributed by atoms with van der Waals surface area (Å²) in [5.74, 6) is -4.80. The molecule has 7 nitrogen and oxygen atoms in total. The van der Waals surface area contributed by atoms with Gasteiger partial charge < -0.3 is 19.8 Å². The monoisotopic (exact) mass is 596 g/mol. The Kier molecular flexibility index (Phi) is 24.4. The Morgan fingerprint density at radius 1 is 0.500 bits per heavy atom. The van der Waals surface area contributed by atoms with E-state index in [0.717, 1.165) is 19.3 Å². The van der Waals surface area contributed by atoms with Gasteiger partial charge in [-0.1, -0.05) is 103 Å². The summed E-state index contributed by atoms with van der Waals surface area (Å²) in [6.07, 6.45) is 28.6. The summed E-state index contributed by atoms with van der Waals surface area (Å²) in [5, 5.41) is 28.6. The number of aliphatic carboxylic acids is 3. The highest BCUT2D eigenvalue weighted by atomic mass is 16.4. The van der Waals surface area contributed by atoms with Crippen LogP contribution in [0, 0.1) is 17.8 Å². The van der Waals surface area contributed by atoms with E-state index in [4.69, 9.17) is 0 Å². The first-order valence-corrected chi connectivity index (χ1v) is 17.2. The Hall–Kier alpha value is -1.89. The maximum atomic E-state index is 11.6. The van der Waals surface area contributed by atoms with Crippen LogP contribution in [0.2, 0.25) is 0 Å². The van der Waals surface area contributed by atoms with Crippen LogP contribution in [0.15, 0.2) is 12.2 Å². The first kappa shape index (κ1) is 40.1. The van der Waals surface area contributed by atoms with E-state index in [1.807, 2.05) is 0 Å². The van der Waals surface area contributed by atoms with Gasteiger partial charge >= 0.3 is 17.9 Å². The molecule has 0 aliphatic heterocycles. The van der Waals surface area contributed by atoms with Crippen molar-refractivity contribution in [1.82, 2.24) is 0 Å². The number of carboxylic acids is 3. The summed E-state index contributed by atoms with van der Waals surface area (Å²) in [4.78, 5) is 34.9. The minimum Gasteiger partial charge on any atom is -0.481 e. The predicted molar refractivity (Wildman–Crippen MR) is 173 cm³/mol. The van der Waals surface area contributed by atoms with Gasteiger partial charge in [0.25, 0.3) is 0 Å². The lowest BCUT2D eigenvalue weighted by molar-refractivity contribution is -0.934. The zero-order valence-electron chi connectivity index (χ0n) is 27.7. The summed E-state index contributed by atoms with van der Waals surface area (Å²) in [7, 11) is 0. The molecule has 0 rings (SSSR count). The molecule has 3 unspecified atom stereocenters. The lowest BCUT2D eigenvalue weighted by atomic mass is 10.00. The second-order valence-electron chi connectivity index (χ2n) is 13.0. The first-order valence-electron chi connectivity index (χ1n) is 17.2. The Balaban J connectivity index is 4.21. The van der Waals surface area contributed by atoms with E-state index in [2.05, 4.69) is 19.1 Å². The Labute approximate surface area is 257 Å². The Morgan fingerprint density at radius 2 is 0.786 bits per heavy atom. The molecule has 0 aromatic carbocycles. The molecule has 7 heteroatoms. The van der Waals surface area contributed by atoms with Crippen molar-refractivity contribution in [2.45, 2.75) is 150 Å². The molecule has 246 valence electrons. The number of nitrogens with zero attached hydrogens (tertiary/aromatic N) is 1. The minimum absolute atomic E-state index is 0.224. The van der Waals surface area contributed by atoms with E-state index in [9.17, 15) is 29.7 Å². The van der Waals surface area contributed by atoms with Crippen molar-refractivity contribution in [3.8, 4) is 0 Å². The molecular formula is C35H66NO6+. The molecule has 3 N–H and O–H groups in total. The fraction of sp³-hybridized carbons (Fsp3) is 0.857. The predicted octanol–water partition coefficient (Wildman–Crippen LogP) is 8.95. The summed E-state index contributed by atoms with van der Waals surface area (Å²) >= 11 is 0. The fourth-order valence-corrected chi connectivity index (χ4v) is 6.05. The second-order valence-corrected chi connectivity index (χ2v) is 13.0. The first-order chi connectivity index (χ1) is 20.0. The third-order valence-corrected chi connectivity index (χ3v) is 8.64. The number of rotatable bonds is 30. The summed E-state index contributed by atoms with van der Waals surface area (Å²) in [5.41, 5.74) is 0. The number of hydrogen-bond donors (Lipinski definition) is 3. The average Bonchev–Trinajstić information content (AvgIpc) is 2.93. The van der Waals surface area contributed by atoms with Crippen LogP contribution in [0.5, 0.6) is 0 Å². The second kappa shape index (κ2) is 25.6. The molecule has 3 atom stereocenters. The van der Waals surface area contributed by atoms with Gasteiger partial charge in [-0.05, 0) is 59.3 Å². The van der Waals surface area contributed by atoms with Gasteiger partial charge in [0, 0.05) is 0 Å². The molecule has 0 aromatic rings. The molecule has 0 saturated carbocycles. The van der Waals surface area contributed by atoms with Crippen LogP contribution < -0.4 is 0 Å². The van der Waals surface area contributed by atoms with Crippen molar-refractivity contribution in [3.63, 3.8) is 0 Å². The van der Waals surface area contributed by atoms with E-state index in [0.29, 0.717) is 6.54 Å². The number of carbonyl (C=O) groups is 3. The van der Waals surface area contributed by atoms with Crippen molar-refractivity contribution in [1.29, 1.82) is 0 Å². The van der Waals surface area contributed by atoms with Crippen molar-refractivity contribution in [2.24, 2.45) is 17.8 Å². The van der Waals surface area contributed by atoms with E-state index in [1.54, 1.807) is 20.8 Å². The van der Waals surface area contributed by atoms with Crippen LogP contribution in [0.1, 0.15) is 150 Å². The smallest absolute Gasteiger partial charge is 0.311 e. The maximum absolute atomic E-state index is 11.6. The summed E-state index contributed by atoms with van der Waals surface area (Å²) in [6, 6.07) is 0. The lowest BCUT2D eigenvalue weighted by Gasteiger charge is -2.42. The van der Waals surface area contributed by atoms with Crippen molar-refractivity contribution < 1.29 is 34.2 Å². The van der Waals surface area contributed by atoms with E-state index in [-0.39, 0.29) is 24.1 Å². The van der Waals surface area contributed by atoms with Gasteiger partial charge in [0.05, 0.1) is 26.2 Å². The topological polar surface area (TPSA) is 112 Å². The van der Waals surface area contributed by atoms with E-state index < -0.39 is 35.7 Å². The molecule has 0 bridgehead atoms. The van der Waals surface area contributed by atoms with Crippen LogP contribution in [0.4, 0.5) is 0 Å². The van der Waals surface area contributed by atoms with Gasteiger partial charge in [0.2, 0.25) is 0 Å². The molecule has 0 aliphatic rings. The standard InChI is InChI=1S/C35H65NO6/c1-5-6-7-8-9-10-11-12-13-14-15-16-17-18-19-20-21-22-23-24-25-26-36(27-30(2)33(37)38,28-31(3)34(39)40)29-32(4)35(41)42/h14-15,30-32H,5-13,16-29H2,1-4H3,(H2-,37,38,39,40,41,42)/p+1/b15-14+. The normalized spacial score (nSPS) is 15.3. The molecule has 0 saturated heterocycles. The quantitative estimate of drug-likeness (QED) is 0.0433. The maximum Gasteiger partial charge on any atom is 0.311 e. The highest BCUT2D eigenvalue weighted by Crippen LogP contribution is 2.22. The van der Waals surface area contributed by atoms with Crippen LogP contribution in [-0.2, 0) is 14.4 Å². The summed E-state index contributed by atoms with van der Waals surface area (Å²) < 4.78 is 0.224. The molecular weight excluding hydrogens is 530 g/mol. The number of quaternary nitrogens is 1. The zero-order valence-corrected chi connectivity index (χ0v) is 27.7. The number of unbranched alkanes of at least 4 members (excludes halogenated alkanes) is 17. The third kappa shape index (κ3) is 21.8. The van der Waals surface area contributed by atoms with Gasteiger partial charge in [0.1, 0.15) is 17.8 Å². The number of hydrogen-bond acceptors (Lipinski definition) is 3. The van der Waals surface area contributed by atoms with E-state index in [1.165, 1.54) is 103 Å². The van der Waals surface area contributed by atoms with Crippen molar-refractivity contribution in [2.75, 3.05) is 26.2 Å². The molecule has 0 fully saturated rings. The number of carboxylic acid groups (broad SMARTS) is 3. The van der Waals surface area contributed by atoms with Crippen molar-refractivity contribution >= 4 is 17.9 Å². The highest BCUT2D eigenvalue weighted by molar-refractivity contribution is 5.70. The van der Waals surface area contributed by atoms with E-state index >= 15 is 0 Å². The molecule has 0 amide bonds. The third-order valence-electron chi connectivity index (χ3n) is 8.64. The molecule has 0 aromatic heterocycles. The van der Waals surface area contributed by atoms with Crippen LogP contribution in [-0.4, -0.2) is 63.9 Å².